The van der Waals surface area contributed by atoms with Crippen LogP contribution < -0.4 is 0 Å². The number of unbranched alkanes of at least 4 members (excludes halogenated alkanes) is 25. The van der Waals surface area contributed by atoms with Gasteiger partial charge in [-0.3, -0.25) is 14.4 Å². The average Bonchev–Trinajstić information content (AvgIpc) is 3.33. The van der Waals surface area contributed by atoms with E-state index in [2.05, 4.69) is 106 Å². The fraction of sp³-hybridized carbons (Fsp3) is 0.721. The van der Waals surface area contributed by atoms with Gasteiger partial charge in [-0.15, -0.1) is 0 Å². The predicted octanol–water partition coefficient (Wildman–Crippen LogP) is 18.8. The van der Waals surface area contributed by atoms with Gasteiger partial charge in [-0.1, -0.05) is 234 Å². The zero-order valence-corrected chi connectivity index (χ0v) is 43.9. The van der Waals surface area contributed by atoms with E-state index in [4.69, 9.17) is 14.2 Å². The minimum Gasteiger partial charge on any atom is -0.462 e. The van der Waals surface area contributed by atoms with Crippen molar-refractivity contribution in [2.24, 2.45) is 0 Å². The van der Waals surface area contributed by atoms with E-state index in [-0.39, 0.29) is 31.1 Å². The highest BCUT2D eigenvalue weighted by Gasteiger charge is 2.19. The highest BCUT2D eigenvalue weighted by Crippen LogP contribution is 2.15. The van der Waals surface area contributed by atoms with E-state index in [1.807, 2.05) is 0 Å². The Morgan fingerprint density at radius 3 is 0.925 bits per heavy atom. The third-order valence-electron chi connectivity index (χ3n) is 11.9. The molecule has 0 aliphatic rings. The van der Waals surface area contributed by atoms with Crippen LogP contribution in [0.15, 0.2) is 85.1 Å². The van der Waals surface area contributed by atoms with Gasteiger partial charge in [0.05, 0.1) is 0 Å². The van der Waals surface area contributed by atoms with Gasteiger partial charge in [0.2, 0.25) is 0 Å². The normalized spacial score (nSPS) is 12.7. The van der Waals surface area contributed by atoms with E-state index < -0.39 is 6.10 Å². The van der Waals surface area contributed by atoms with Crippen LogP contribution >= 0.6 is 0 Å². The van der Waals surface area contributed by atoms with Crippen molar-refractivity contribution in [1.29, 1.82) is 0 Å². The first-order valence-electron chi connectivity index (χ1n) is 28.1. The standard InChI is InChI=1S/C61H104O6/c1-4-7-10-13-15-17-19-21-23-24-25-26-27-28-29-30-31-32-33-34-35-36-38-39-41-43-45-48-51-54-60(63)66-57-58(56-65-59(62)53-50-47-12-9-6-3)67-61(64)55-52-49-46-44-42-40-37-22-20-18-16-14-11-8-5-2/h7,10,15,17,21-23,25-26,28-29,31-32,37,58H,4-6,8-9,11-14,16,18-20,24,27,30,33-36,38-57H2,1-3H3/b10-7-,17-15-,23-21-,26-25-,29-28-,32-31-,37-22-. The van der Waals surface area contributed by atoms with Gasteiger partial charge >= 0.3 is 17.9 Å². The molecule has 0 N–H and O–H groups in total. The smallest absolute Gasteiger partial charge is 0.306 e. The highest BCUT2D eigenvalue weighted by molar-refractivity contribution is 5.71. The zero-order chi connectivity index (χ0) is 48.6. The van der Waals surface area contributed by atoms with Crippen LogP contribution in [0.25, 0.3) is 0 Å². The molecule has 0 radical (unpaired) electrons. The lowest BCUT2D eigenvalue weighted by atomic mass is 10.1. The largest absolute Gasteiger partial charge is 0.462 e. The average molecular weight is 933 g/mol. The number of allylic oxidation sites excluding steroid dienone is 14. The van der Waals surface area contributed by atoms with E-state index in [0.29, 0.717) is 19.3 Å². The first-order chi connectivity index (χ1) is 33.0. The Labute approximate surface area is 414 Å². The Morgan fingerprint density at radius 2 is 0.582 bits per heavy atom. The van der Waals surface area contributed by atoms with Crippen LogP contribution in [0.3, 0.4) is 0 Å². The van der Waals surface area contributed by atoms with Gasteiger partial charge in [0, 0.05) is 19.3 Å². The molecule has 0 aromatic rings. The molecule has 0 fully saturated rings. The fourth-order valence-electron chi connectivity index (χ4n) is 7.68. The van der Waals surface area contributed by atoms with Crippen LogP contribution in [0, 0.1) is 0 Å². The third kappa shape index (κ3) is 53.4. The van der Waals surface area contributed by atoms with Gasteiger partial charge < -0.3 is 14.2 Å². The maximum Gasteiger partial charge on any atom is 0.306 e. The first kappa shape index (κ1) is 63.6. The summed E-state index contributed by atoms with van der Waals surface area (Å²) >= 11 is 0. The number of hydrogen-bond acceptors (Lipinski definition) is 6. The second-order valence-corrected chi connectivity index (χ2v) is 18.5. The minimum atomic E-state index is -0.778. The molecule has 0 spiro atoms. The molecule has 0 aliphatic carbocycles. The van der Waals surface area contributed by atoms with Gasteiger partial charge in [-0.05, 0) is 96.3 Å². The van der Waals surface area contributed by atoms with Crippen molar-refractivity contribution in [3.05, 3.63) is 85.1 Å². The van der Waals surface area contributed by atoms with Crippen LogP contribution in [0.4, 0.5) is 0 Å². The quantitative estimate of drug-likeness (QED) is 0.0262. The van der Waals surface area contributed by atoms with Crippen molar-refractivity contribution in [3.8, 4) is 0 Å². The van der Waals surface area contributed by atoms with E-state index in [9.17, 15) is 14.4 Å². The molecule has 0 saturated heterocycles. The summed E-state index contributed by atoms with van der Waals surface area (Å²) < 4.78 is 16.7. The number of ether oxygens (including phenoxy) is 3. The molecule has 0 aliphatic heterocycles. The molecule has 0 rings (SSSR count). The minimum absolute atomic E-state index is 0.0807. The second-order valence-electron chi connectivity index (χ2n) is 18.5. The van der Waals surface area contributed by atoms with Crippen molar-refractivity contribution in [3.63, 3.8) is 0 Å². The number of carbonyl (C=O) groups excluding carboxylic acids is 3. The molecule has 0 aromatic carbocycles. The molecule has 1 atom stereocenters. The summed E-state index contributed by atoms with van der Waals surface area (Å²) in [6, 6.07) is 0. The molecule has 0 amide bonds. The van der Waals surface area contributed by atoms with Crippen molar-refractivity contribution >= 4 is 17.9 Å². The monoisotopic (exact) mass is 933 g/mol. The Morgan fingerprint density at radius 1 is 0.313 bits per heavy atom. The van der Waals surface area contributed by atoms with Crippen LogP contribution in [-0.4, -0.2) is 37.2 Å². The number of carbonyl (C=O) groups is 3. The predicted molar refractivity (Wildman–Crippen MR) is 288 cm³/mol. The fourth-order valence-corrected chi connectivity index (χ4v) is 7.68. The van der Waals surface area contributed by atoms with E-state index in [1.54, 1.807) is 0 Å². The molecule has 67 heavy (non-hydrogen) atoms. The number of rotatable bonds is 50. The molecule has 6 heteroatoms. The lowest BCUT2D eigenvalue weighted by Gasteiger charge is -2.18. The summed E-state index contributed by atoms with van der Waals surface area (Å²) in [7, 11) is 0. The lowest BCUT2D eigenvalue weighted by Crippen LogP contribution is -2.30. The van der Waals surface area contributed by atoms with Gasteiger partial charge in [0.1, 0.15) is 13.2 Å². The van der Waals surface area contributed by atoms with Crippen LogP contribution in [0.2, 0.25) is 0 Å². The Kier molecular flexibility index (Phi) is 52.4. The van der Waals surface area contributed by atoms with E-state index in [0.717, 1.165) is 116 Å². The van der Waals surface area contributed by atoms with Gasteiger partial charge in [-0.2, -0.15) is 0 Å². The first-order valence-corrected chi connectivity index (χ1v) is 28.1. The van der Waals surface area contributed by atoms with Gasteiger partial charge in [0.25, 0.3) is 0 Å². The Hall–Kier alpha value is -3.41. The second kappa shape index (κ2) is 55.2. The molecular weight excluding hydrogens is 829 g/mol. The van der Waals surface area contributed by atoms with E-state index >= 15 is 0 Å². The van der Waals surface area contributed by atoms with Crippen molar-refractivity contribution in [2.75, 3.05) is 13.2 Å². The summed E-state index contributed by atoms with van der Waals surface area (Å²) in [5, 5.41) is 0. The van der Waals surface area contributed by atoms with Crippen LogP contribution in [-0.2, 0) is 28.6 Å². The summed E-state index contributed by atoms with van der Waals surface area (Å²) in [5.41, 5.74) is 0. The van der Waals surface area contributed by atoms with Crippen LogP contribution in [0.1, 0.15) is 265 Å². The molecule has 0 aromatic heterocycles. The summed E-state index contributed by atoms with van der Waals surface area (Å²) in [4.78, 5) is 37.7. The Balaban J connectivity index is 4.07. The Bertz CT molecular complexity index is 1300. The molecule has 384 valence electrons. The molecule has 0 heterocycles. The van der Waals surface area contributed by atoms with Crippen molar-refractivity contribution < 1.29 is 28.6 Å². The summed E-state index contributed by atoms with van der Waals surface area (Å²) in [6.07, 6.45) is 71.9. The molecule has 0 bridgehead atoms. The maximum atomic E-state index is 12.7. The lowest BCUT2D eigenvalue weighted by molar-refractivity contribution is -0.167. The molecular formula is C61H104O6. The number of hydrogen-bond donors (Lipinski definition) is 0. The number of esters is 3. The highest BCUT2D eigenvalue weighted by atomic mass is 16.6. The molecule has 0 saturated carbocycles. The van der Waals surface area contributed by atoms with Gasteiger partial charge in [-0.25, -0.2) is 0 Å². The van der Waals surface area contributed by atoms with Crippen LogP contribution in [0.5, 0.6) is 0 Å². The topological polar surface area (TPSA) is 78.9 Å². The SMILES string of the molecule is CC/C=C\C/C=C\C/C=C\C/C=C\C/C=C\C/C=C\CCCCCCCCCCCCC(=O)OCC(COC(=O)CCCCCCC)OC(=O)CCCCCCC/C=C\CCCCCCCC. The van der Waals surface area contributed by atoms with E-state index in [1.165, 1.54) is 109 Å². The van der Waals surface area contributed by atoms with Gasteiger partial charge in [0.15, 0.2) is 6.10 Å². The zero-order valence-electron chi connectivity index (χ0n) is 43.9. The molecule has 6 nitrogen and oxygen atoms in total. The van der Waals surface area contributed by atoms with Crippen molar-refractivity contribution in [1.82, 2.24) is 0 Å². The maximum absolute atomic E-state index is 12.7. The third-order valence-corrected chi connectivity index (χ3v) is 11.9. The molecule has 1 unspecified atom stereocenters. The van der Waals surface area contributed by atoms with Crippen molar-refractivity contribution in [2.45, 2.75) is 271 Å². The summed E-state index contributed by atoms with van der Waals surface area (Å²) in [6.45, 7) is 6.43. The summed E-state index contributed by atoms with van der Waals surface area (Å²) in [5.74, 6) is -0.905.